The van der Waals surface area contributed by atoms with Crippen LogP contribution in [0.15, 0.2) is 0 Å². The third kappa shape index (κ3) is 9.69. The highest BCUT2D eigenvalue weighted by Crippen LogP contribution is 1.86. The van der Waals surface area contributed by atoms with E-state index in [1.165, 1.54) is 21.1 Å². The zero-order valence-electron chi connectivity index (χ0n) is 14.5. The summed E-state index contributed by atoms with van der Waals surface area (Å²) in [5.41, 5.74) is 0. The number of carbonyl (C=O) groups is 6. The predicted octanol–water partition coefficient (Wildman–Crippen LogP) is -3.58. The molecule has 0 fully saturated rings. The molecule has 0 saturated carbocycles. The lowest BCUT2D eigenvalue weighted by Gasteiger charge is -2.18. The fourth-order valence-corrected chi connectivity index (χ4v) is 1.51. The van der Waals surface area contributed by atoms with Gasteiger partial charge in [0.15, 0.2) is 0 Å². The summed E-state index contributed by atoms with van der Waals surface area (Å²) in [7, 11) is 4.20. The lowest BCUT2D eigenvalue weighted by molar-refractivity contribution is -0.136. The minimum atomic E-state index is -0.560. The summed E-state index contributed by atoms with van der Waals surface area (Å²) >= 11 is 0. The van der Waals surface area contributed by atoms with Gasteiger partial charge in [0.2, 0.25) is 30.0 Å². The summed E-state index contributed by atoms with van der Waals surface area (Å²) in [4.78, 5) is 70.5. The van der Waals surface area contributed by atoms with Crippen molar-refractivity contribution >= 4 is 36.3 Å². The molecule has 0 radical (unpaired) electrons. The number of carbonyl (C=O) groups excluding carboxylic acids is 6. The minimum absolute atomic E-state index is 0.0773. The monoisotopic (exact) mass is 357 g/mol. The van der Waals surface area contributed by atoms with Crippen molar-refractivity contribution in [1.82, 2.24) is 25.3 Å². The van der Waals surface area contributed by atoms with E-state index in [1.807, 2.05) is 0 Å². The molecule has 0 aliphatic rings. The molecular formula is C14H23N5O6. The lowest BCUT2D eigenvalue weighted by atomic mass is 10.4. The van der Waals surface area contributed by atoms with Crippen LogP contribution in [0.25, 0.3) is 0 Å². The molecule has 0 heterocycles. The molecule has 11 heteroatoms. The van der Waals surface area contributed by atoms with Crippen LogP contribution < -0.4 is 10.6 Å². The quantitative estimate of drug-likeness (QED) is 0.367. The topological polar surface area (TPSA) is 136 Å². The molecule has 0 aromatic rings. The van der Waals surface area contributed by atoms with Crippen LogP contribution in [0.2, 0.25) is 0 Å². The maximum atomic E-state index is 11.8. The standard InChI is InChI=1S/C14H23N5O6/c1-17(10-21)8-11(22)15-7-14(25)19(3)9-12(23)16-6-13(24)18(2)4-5-20/h5,10H,4,6-9H2,1-3H3,(H,15,22)(H,16,23). The van der Waals surface area contributed by atoms with Gasteiger partial charge in [-0.15, -0.1) is 0 Å². The fraction of sp³-hybridized carbons (Fsp3) is 0.571. The van der Waals surface area contributed by atoms with E-state index in [0.29, 0.717) is 12.7 Å². The maximum Gasteiger partial charge on any atom is 0.242 e. The van der Waals surface area contributed by atoms with Crippen molar-refractivity contribution in [2.24, 2.45) is 0 Å². The van der Waals surface area contributed by atoms with Gasteiger partial charge in [0.05, 0.1) is 32.7 Å². The van der Waals surface area contributed by atoms with Gasteiger partial charge in [-0.2, -0.15) is 0 Å². The number of aldehydes is 1. The van der Waals surface area contributed by atoms with Crippen molar-refractivity contribution in [1.29, 1.82) is 0 Å². The fourth-order valence-electron chi connectivity index (χ4n) is 1.51. The van der Waals surface area contributed by atoms with Crippen molar-refractivity contribution in [2.75, 3.05) is 53.9 Å². The van der Waals surface area contributed by atoms with Crippen molar-refractivity contribution < 1.29 is 28.8 Å². The van der Waals surface area contributed by atoms with Crippen LogP contribution in [0.4, 0.5) is 0 Å². The summed E-state index contributed by atoms with van der Waals surface area (Å²) in [6.45, 7) is -1.17. The maximum absolute atomic E-state index is 11.8. The van der Waals surface area contributed by atoms with Gasteiger partial charge in [-0.25, -0.2) is 0 Å². The van der Waals surface area contributed by atoms with E-state index >= 15 is 0 Å². The SMILES string of the molecule is CN(C=O)CC(=O)NCC(=O)N(C)CC(=O)NCC(=O)N(C)CC=O. The molecule has 0 aliphatic heterocycles. The molecule has 0 aromatic heterocycles. The highest BCUT2D eigenvalue weighted by Gasteiger charge is 2.15. The molecule has 0 saturated heterocycles. The summed E-state index contributed by atoms with van der Waals surface area (Å²) in [6, 6.07) is 0. The Balaban J connectivity index is 4.15. The van der Waals surface area contributed by atoms with Crippen LogP contribution in [-0.2, 0) is 28.8 Å². The molecule has 5 amide bonds. The van der Waals surface area contributed by atoms with Gasteiger partial charge < -0.3 is 30.1 Å². The molecule has 0 atom stereocenters. The van der Waals surface area contributed by atoms with E-state index in [9.17, 15) is 28.8 Å². The molecule has 25 heavy (non-hydrogen) atoms. The van der Waals surface area contributed by atoms with Gasteiger partial charge in [0.1, 0.15) is 6.29 Å². The molecule has 0 aliphatic carbocycles. The molecule has 2 N–H and O–H groups in total. The Morgan fingerprint density at radius 1 is 0.800 bits per heavy atom. The van der Waals surface area contributed by atoms with Crippen LogP contribution in [0.5, 0.6) is 0 Å². The first-order valence-electron chi connectivity index (χ1n) is 7.31. The van der Waals surface area contributed by atoms with Crippen LogP contribution in [0.1, 0.15) is 0 Å². The Labute approximate surface area is 145 Å². The number of likely N-dealkylation sites (N-methyl/N-ethyl adjacent to an activating group) is 3. The Kier molecular flexibility index (Phi) is 10.2. The Morgan fingerprint density at radius 2 is 1.28 bits per heavy atom. The van der Waals surface area contributed by atoms with Gasteiger partial charge in [-0.3, -0.25) is 24.0 Å². The summed E-state index contributed by atoms with van der Waals surface area (Å²) in [6.07, 6.45) is 1.04. The number of hydrogen-bond acceptors (Lipinski definition) is 6. The van der Waals surface area contributed by atoms with Gasteiger partial charge in [-0.05, 0) is 0 Å². The van der Waals surface area contributed by atoms with Crippen LogP contribution >= 0.6 is 0 Å². The van der Waals surface area contributed by atoms with E-state index < -0.39 is 23.6 Å². The van der Waals surface area contributed by atoms with Crippen molar-refractivity contribution in [3.8, 4) is 0 Å². The van der Waals surface area contributed by atoms with Crippen molar-refractivity contribution in [3.05, 3.63) is 0 Å². The second-order valence-corrected chi connectivity index (χ2v) is 5.26. The van der Waals surface area contributed by atoms with E-state index in [-0.39, 0.29) is 32.7 Å². The third-order valence-corrected chi connectivity index (χ3v) is 3.03. The van der Waals surface area contributed by atoms with E-state index in [2.05, 4.69) is 10.6 Å². The minimum Gasteiger partial charge on any atom is -0.345 e. The van der Waals surface area contributed by atoms with Crippen LogP contribution in [-0.4, -0.2) is 105 Å². The molecule has 11 nitrogen and oxygen atoms in total. The first-order valence-corrected chi connectivity index (χ1v) is 7.31. The number of hydrogen-bond donors (Lipinski definition) is 2. The molecule has 0 unspecified atom stereocenters. The molecule has 140 valence electrons. The Bertz CT molecular complexity index is 524. The van der Waals surface area contributed by atoms with Crippen LogP contribution in [0.3, 0.4) is 0 Å². The Hall–Kier alpha value is -2.98. The van der Waals surface area contributed by atoms with E-state index in [0.717, 1.165) is 14.7 Å². The van der Waals surface area contributed by atoms with Gasteiger partial charge in [0.25, 0.3) is 0 Å². The highest BCUT2D eigenvalue weighted by molar-refractivity contribution is 5.90. The largest absolute Gasteiger partial charge is 0.345 e. The van der Waals surface area contributed by atoms with Crippen molar-refractivity contribution in [3.63, 3.8) is 0 Å². The van der Waals surface area contributed by atoms with E-state index in [1.54, 1.807) is 0 Å². The summed E-state index contributed by atoms with van der Waals surface area (Å²) in [5.74, 6) is -2.03. The average Bonchev–Trinajstić information content (AvgIpc) is 2.57. The number of nitrogens with one attached hydrogen (secondary N) is 2. The Morgan fingerprint density at radius 3 is 1.76 bits per heavy atom. The molecule has 0 bridgehead atoms. The molecular weight excluding hydrogens is 334 g/mol. The average molecular weight is 357 g/mol. The summed E-state index contributed by atoms with van der Waals surface area (Å²) < 4.78 is 0. The zero-order chi connectivity index (χ0) is 19.4. The molecule has 0 aromatic carbocycles. The van der Waals surface area contributed by atoms with Crippen LogP contribution in [0, 0.1) is 0 Å². The molecule has 0 rings (SSSR count). The number of nitrogens with zero attached hydrogens (tertiary/aromatic N) is 3. The normalized spacial score (nSPS) is 9.56. The first kappa shape index (κ1) is 22.0. The van der Waals surface area contributed by atoms with Gasteiger partial charge in [-0.1, -0.05) is 0 Å². The van der Waals surface area contributed by atoms with Crippen molar-refractivity contribution in [2.45, 2.75) is 0 Å². The van der Waals surface area contributed by atoms with E-state index in [4.69, 9.17) is 0 Å². The third-order valence-electron chi connectivity index (χ3n) is 3.03. The lowest BCUT2D eigenvalue weighted by Crippen LogP contribution is -2.46. The predicted molar refractivity (Wildman–Crippen MR) is 86.1 cm³/mol. The highest BCUT2D eigenvalue weighted by atomic mass is 16.2. The number of amides is 5. The second kappa shape index (κ2) is 11.5. The van der Waals surface area contributed by atoms with Gasteiger partial charge in [0, 0.05) is 21.1 Å². The van der Waals surface area contributed by atoms with Gasteiger partial charge >= 0.3 is 0 Å². The smallest absolute Gasteiger partial charge is 0.242 e. The zero-order valence-corrected chi connectivity index (χ0v) is 14.5. The second-order valence-electron chi connectivity index (χ2n) is 5.26. The first-order chi connectivity index (χ1) is 11.7. The number of rotatable bonds is 11. The molecule has 0 spiro atoms. The summed E-state index contributed by atoms with van der Waals surface area (Å²) in [5, 5.41) is 4.66.